The molecule has 0 aliphatic heterocycles. The Morgan fingerprint density at radius 2 is 2.27 bits per heavy atom. The Labute approximate surface area is 89.9 Å². The van der Waals surface area contributed by atoms with Crippen LogP contribution in [0.15, 0.2) is 29.4 Å². The lowest BCUT2D eigenvalue weighted by Gasteiger charge is -1.96. The van der Waals surface area contributed by atoms with E-state index in [1.165, 1.54) is 0 Å². The first kappa shape index (κ1) is 10.9. The van der Waals surface area contributed by atoms with E-state index in [4.69, 9.17) is 16.9 Å². The lowest BCUT2D eigenvalue weighted by atomic mass is 10.2. The minimum atomic E-state index is -0.844. The molecule has 0 saturated heterocycles. The Morgan fingerprint density at radius 3 is 2.87 bits per heavy atom. The van der Waals surface area contributed by atoms with Crippen molar-refractivity contribution in [2.24, 2.45) is 5.10 Å². The number of hydrazone groups is 1. The van der Waals surface area contributed by atoms with E-state index in [0.717, 1.165) is 0 Å². The fourth-order valence-corrected chi connectivity index (χ4v) is 0.868. The minimum absolute atomic E-state index is 0.328. The van der Waals surface area contributed by atoms with Crippen LogP contribution in [-0.2, 0) is 0 Å². The van der Waals surface area contributed by atoms with Gasteiger partial charge in [0.1, 0.15) is 6.07 Å². The van der Waals surface area contributed by atoms with E-state index in [2.05, 4.69) is 10.5 Å². The Morgan fingerprint density at radius 1 is 1.60 bits per heavy atom. The number of nitriles is 1. The third kappa shape index (κ3) is 2.93. The maximum Gasteiger partial charge on any atom is 0.459 e. The van der Waals surface area contributed by atoms with Crippen LogP contribution in [0.3, 0.4) is 0 Å². The number of amidine groups is 1. The third-order valence-electron chi connectivity index (χ3n) is 1.47. The van der Waals surface area contributed by atoms with E-state index in [1.54, 1.807) is 24.3 Å². The normalized spacial score (nSPS) is 10.5. The second-order valence-corrected chi connectivity index (χ2v) is 2.75. The lowest BCUT2D eigenvalue weighted by Crippen LogP contribution is -2.06. The third-order valence-corrected chi connectivity index (χ3v) is 1.69. The number of rotatable bonds is 2. The summed E-state index contributed by atoms with van der Waals surface area (Å²) in [4.78, 5) is 9.27. The molecule has 0 aromatic heterocycles. The van der Waals surface area contributed by atoms with Gasteiger partial charge in [0.2, 0.25) is 0 Å². The molecule has 0 fully saturated rings. The summed E-state index contributed by atoms with van der Waals surface area (Å²) in [6.07, 6.45) is 0. The number of hydrogen-bond donors (Lipinski definition) is 1. The molecule has 0 radical (unpaired) electrons. The summed E-state index contributed by atoms with van der Waals surface area (Å²) in [6.45, 7) is 0. The van der Waals surface area contributed by atoms with Crippen molar-refractivity contribution in [3.63, 3.8) is 0 Å². The molecule has 0 aliphatic rings. The summed E-state index contributed by atoms with van der Waals surface area (Å²) in [5.74, 6) is 0. The van der Waals surface area contributed by atoms with Crippen LogP contribution in [-0.4, -0.2) is 10.2 Å². The van der Waals surface area contributed by atoms with Crippen molar-refractivity contribution in [1.29, 1.82) is 5.26 Å². The predicted octanol–water partition coefficient (Wildman–Crippen LogP) is 1.76. The summed E-state index contributed by atoms with van der Waals surface area (Å²) in [7, 11) is 0. The maximum atomic E-state index is 10.1. The van der Waals surface area contributed by atoms with Gasteiger partial charge in [-0.1, -0.05) is 12.1 Å². The van der Waals surface area contributed by atoms with Gasteiger partial charge < -0.3 is 10.1 Å². The first-order valence-corrected chi connectivity index (χ1v) is 4.15. The van der Waals surface area contributed by atoms with E-state index in [1.807, 2.05) is 6.07 Å². The highest BCUT2D eigenvalue weighted by Crippen LogP contribution is 2.13. The fraction of sp³-hybridized carbons (Fsp3) is 0. The van der Waals surface area contributed by atoms with Crippen LogP contribution in [0.2, 0.25) is 0 Å². The van der Waals surface area contributed by atoms with Crippen molar-refractivity contribution < 1.29 is 4.92 Å². The van der Waals surface area contributed by atoms with Crippen LogP contribution >= 0.6 is 11.6 Å². The van der Waals surface area contributed by atoms with Gasteiger partial charge in [-0.3, -0.25) is 0 Å². The van der Waals surface area contributed by atoms with Crippen molar-refractivity contribution in [3.8, 4) is 6.07 Å². The van der Waals surface area contributed by atoms with E-state index >= 15 is 0 Å². The Balaban J connectivity index is 2.87. The highest BCUT2D eigenvalue weighted by Gasteiger charge is 2.08. The minimum Gasteiger partial charge on any atom is -0.357 e. The van der Waals surface area contributed by atoms with Crippen molar-refractivity contribution in [3.05, 3.63) is 39.9 Å². The zero-order valence-corrected chi connectivity index (χ0v) is 8.10. The SMILES string of the molecule is N#Cc1ccccc1N/N=C(/Cl)[N+](=O)[O-]. The molecule has 0 bridgehead atoms. The molecule has 6 nitrogen and oxygen atoms in total. The van der Waals surface area contributed by atoms with E-state index < -0.39 is 10.2 Å². The van der Waals surface area contributed by atoms with Gasteiger partial charge in [0.15, 0.2) is 0 Å². The zero-order chi connectivity index (χ0) is 11.3. The molecule has 0 atom stereocenters. The summed E-state index contributed by atoms with van der Waals surface area (Å²) < 4.78 is 0. The molecule has 0 amide bonds. The second-order valence-electron chi connectivity index (χ2n) is 2.41. The number of para-hydroxylation sites is 1. The van der Waals surface area contributed by atoms with Gasteiger partial charge in [0.05, 0.1) is 16.4 Å². The Hall–Kier alpha value is -2.13. The number of anilines is 1. The van der Waals surface area contributed by atoms with Crippen LogP contribution in [0.5, 0.6) is 0 Å². The number of nitrogens with zero attached hydrogens (tertiary/aromatic N) is 3. The molecule has 1 N–H and O–H groups in total. The monoisotopic (exact) mass is 224 g/mol. The standard InChI is InChI=1S/C8H5ClN4O2/c9-8(13(14)15)12-11-7-4-2-1-3-6(7)5-10/h1-4,11H/b12-8-. The number of benzene rings is 1. The Bertz CT molecular complexity index is 452. The lowest BCUT2D eigenvalue weighted by molar-refractivity contribution is -0.344. The highest BCUT2D eigenvalue weighted by molar-refractivity contribution is 6.62. The van der Waals surface area contributed by atoms with Crippen molar-refractivity contribution in [1.82, 2.24) is 0 Å². The van der Waals surface area contributed by atoms with E-state index in [9.17, 15) is 10.1 Å². The molecule has 0 spiro atoms. The number of nitro groups is 1. The summed E-state index contributed by atoms with van der Waals surface area (Å²) >= 11 is 5.17. The van der Waals surface area contributed by atoms with Crippen molar-refractivity contribution >= 4 is 22.6 Å². The van der Waals surface area contributed by atoms with Gasteiger partial charge in [-0.2, -0.15) is 10.7 Å². The van der Waals surface area contributed by atoms with E-state index in [-0.39, 0.29) is 0 Å². The second kappa shape index (κ2) is 4.93. The van der Waals surface area contributed by atoms with Crippen LogP contribution in [0.1, 0.15) is 5.56 Å². The molecule has 0 heterocycles. The van der Waals surface area contributed by atoms with Crippen LogP contribution in [0, 0.1) is 21.4 Å². The van der Waals surface area contributed by atoms with Gasteiger partial charge in [0.25, 0.3) is 0 Å². The molecule has 76 valence electrons. The first-order valence-electron chi connectivity index (χ1n) is 3.78. The molecule has 0 aliphatic carbocycles. The molecule has 1 rings (SSSR count). The molecular weight excluding hydrogens is 220 g/mol. The summed E-state index contributed by atoms with van der Waals surface area (Å²) in [6, 6.07) is 8.35. The van der Waals surface area contributed by atoms with Crippen LogP contribution in [0.4, 0.5) is 5.69 Å². The molecule has 0 unspecified atom stereocenters. The quantitative estimate of drug-likeness (QED) is 0.272. The average Bonchev–Trinajstić information content (AvgIpc) is 2.26. The van der Waals surface area contributed by atoms with E-state index in [0.29, 0.717) is 11.3 Å². The predicted molar refractivity (Wildman–Crippen MR) is 55.1 cm³/mol. The fourth-order valence-electron chi connectivity index (χ4n) is 0.825. The smallest absolute Gasteiger partial charge is 0.357 e. The topological polar surface area (TPSA) is 91.3 Å². The molecule has 0 saturated carbocycles. The van der Waals surface area contributed by atoms with Gasteiger partial charge in [-0.15, -0.1) is 0 Å². The summed E-state index contributed by atoms with van der Waals surface area (Å²) in [5, 5.41) is 21.3. The average molecular weight is 225 g/mol. The van der Waals surface area contributed by atoms with Crippen LogP contribution in [0.25, 0.3) is 0 Å². The highest BCUT2D eigenvalue weighted by atomic mass is 35.5. The molecular formula is C8H5ClN4O2. The van der Waals surface area contributed by atoms with Gasteiger partial charge in [-0.05, 0) is 17.1 Å². The van der Waals surface area contributed by atoms with Crippen LogP contribution < -0.4 is 5.43 Å². The van der Waals surface area contributed by atoms with Gasteiger partial charge in [-0.25, -0.2) is 0 Å². The number of nitrogens with one attached hydrogen (secondary N) is 1. The van der Waals surface area contributed by atoms with Gasteiger partial charge >= 0.3 is 5.29 Å². The van der Waals surface area contributed by atoms with Crippen molar-refractivity contribution in [2.75, 3.05) is 5.43 Å². The van der Waals surface area contributed by atoms with Crippen molar-refractivity contribution in [2.45, 2.75) is 0 Å². The number of halogens is 1. The zero-order valence-electron chi connectivity index (χ0n) is 7.35. The Kier molecular flexibility index (Phi) is 3.60. The largest absolute Gasteiger partial charge is 0.459 e. The molecule has 7 heteroatoms. The molecule has 1 aromatic rings. The maximum absolute atomic E-state index is 10.1. The first-order chi connectivity index (χ1) is 7.15. The molecule has 1 aromatic carbocycles. The van der Waals surface area contributed by atoms with Gasteiger partial charge in [0, 0.05) is 11.6 Å². The summed E-state index contributed by atoms with van der Waals surface area (Å²) in [5.41, 5.74) is 3.03. The number of hydrogen-bond acceptors (Lipinski definition) is 5. The molecule has 15 heavy (non-hydrogen) atoms.